The molecule has 0 aromatic carbocycles. The van der Waals surface area contributed by atoms with Gasteiger partial charge in [0.1, 0.15) is 0 Å². The molecule has 40 valence electrons. The van der Waals surface area contributed by atoms with Gasteiger partial charge in [0.2, 0.25) is 0 Å². The Labute approximate surface area is 88.9 Å². The summed E-state index contributed by atoms with van der Waals surface area (Å²) in [6.45, 7) is 6.94. The largest absolute Gasteiger partial charge is 1.00 e. The van der Waals surface area contributed by atoms with Crippen molar-refractivity contribution in [1.29, 1.82) is 0 Å². The van der Waals surface area contributed by atoms with E-state index in [9.17, 15) is 5.11 Å². The summed E-state index contributed by atoms with van der Waals surface area (Å²) in [5.74, 6) is 0. The first-order chi connectivity index (χ1) is 2.91. The summed E-state index contributed by atoms with van der Waals surface area (Å²) >= 11 is 0. The van der Waals surface area contributed by atoms with E-state index < -0.39 is 0 Å². The minimum absolute atomic E-state index is 0. The molecule has 0 radical (unpaired) electrons. The van der Waals surface area contributed by atoms with Crippen molar-refractivity contribution >= 4 is 0 Å². The van der Waals surface area contributed by atoms with Gasteiger partial charge in [-0.05, 0) is 0 Å². The minimum Gasteiger partial charge on any atom is -0.854 e. The molecule has 0 fully saturated rings. The van der Waals surface area contributed by atoms with Crippen LogP contribution in [-0.2, 0) is 0 Å². The Morgan fingerprint density at radius 2 is 1.57 bits per heavy atom. The van der Waals surface area contributed by atoms with Gasteiger partial charge in [0.25, 0.3) is 0 Å². The van der Waals surface area contributed by atoms with E-state index >= 15 is 0 Å². The molecule has 0 atom stereocenters. The Morgan fingerprint density at radius 3 is 1.57 bits per heavy atom. The molecule has 0 unspecified atom stereocenters. The summed E-state index contributed by atoms with van der Waals surface area (Å²) < 4.78 is 0. The first kappa shape index (κ1) is 15.8. The predicted molar refractivity (Wildman–Crippen MR) is 26.2 cm³/mol. The van der Waals surface area contributed by atoms with E-state index in [2.05, 4.69) is 6.92 Å². The summed E-state index contributed by atoms with van der Waals surface area (Å²) in [4.78, 5) is 0. The first-order valence-corrected chi connectivity index (χ1v) is 2.20. The van der Waals surface area contributed by atoms with Crippen LogP contribution in [0.15, 0.2) is 0 Å². The topological polar surface area (TPSA) is 23.1 Å². The molecule has 0 bridgehead atoms. The fraction of sp³-hybridized carbons (Fsp3) is 0.800. The maximum atomic E-state index is 9.30. The average molecular weight is 127 g/mol. The fourth-order valence-electron chi connectivity index (χ4n) is 0. The molecule has 0 aliphatic heterocycles. The number of hydrogen-bond donors (Lipinski definition) is 0. The summed E-state index contributed by atoms with van der Waals surface area (Å²) in [6, 6.07) is 0. The van der Waals surface area contributed by atoms with Crippen LogP contribution < -0.4 is 56.5 Å². The summed E-state index contributed by atoms with van der Waals surface area (Å²) in [5.41, 5.74) is 0. The summed E-state index contributed by atoms with van der Waals surface area (Å²) in [6.07, 6.45) is 0.764. The zero-order valence-corrected chi connectivity index (χ0v) is 8.65. The monoisotopic (exact) mass is 127 g/mol. The van der Waals surface area contributed by atoms with E-state index in [1.807, 2.05) is 6.92 Å². The average Bonchev–Trinajstić information content (AvgIpc) is 1.72. The molecule has 0 aromatic rings. The quantitative estimate of drug-likeness (QED) is 0.284. The maximum Gasteiger partial charge on any atom is 1.00 e. The molecular formula is C5H12KO-. The molecule has 1 nitrogen and oxygen atoms in total. The van der Waals surface area contributed by atoms with Gasteiger partial charge >= 0.3 is 51.4 Å². The predicted octanol–water partition coefficient (Wildman–Crippen LogP) is -2.40. The smallest absolute Gasteiger partial charge is 0.854 e. The van der Waals surface area contributed by atoms with Crippen molar-refractivity contribution in [2.75, 3.05) is 6.61 Å². The molecule has 0 heterocycles. The van der Waals surface area contributed by atoms with Crippen LogP contribution >= 0.6 is 0 Å². The number of rotatable bonds is 1. The van der Waals surface area contributed by atoms with Crippen LogP contribution in [0.2, 0.25) is 0 Å². The Balaban J connectivity index is -0.0000000480. The van der Waals surface area contributed by atoms with E-state index in [0.29, 0.717) is 0 Å². The van der Waals surface area contributed by atoms with Crippen LogP contribution in [-0.4, -0.2) is 6.61 Å². The van der Waals surface area contributed by atoms with Crippen LogP contribution in [0.5, 0.6) is 0 Å². The van der Waals surface area contributed by atoms with E-state index in [1.165, 1.54) is 0 Å². The molecular weight excluding hydrogens is 115 g/mol. The van der Waals surface area contributed by atoms with Gasteiger partial charge in [0.15, 0.2) is 0 Å². The second-order valence-corrected chi connectivity index (χ2v) is 0.704. The van der Waals surface area contributed by atoms with Crippen molar-refractivity contribution < 1.29 is 56.5 Å². The third kappa shape index (κ3) is 35.3. The van der Waals surface area contributed by atoms with Crippen molar-refractivity contribution in [3.05, 3.63) is 6.92 Å². The third-order valence-electron chi connectivity index (χ3n) is 0.204. The maximum absolute atomic E-state index is 9.30. The molecule has 0 saturated heterocycles. The normalized spacial score (nSPS) is 5.14. The van der Waals surface area contributed by atoms with Crippen LogP contribution in [0.1, 0.15) is 20.3 Å². The molecule has 0 aromatic heterocycles. The molecule has 0 spiro atoms. The first-order valence-electron chi connectivity index (χ1n) is 2.20. The summed E-state index contributed by atoms with van der Waals surface area (Å²) in [5, 5.41) is 9.30. The van der Waals surface area contributed by atoms with E-state index in [-0.39, 0.29) is 58.0 Å². The molecule has 0 aliphatic rings. The standard InChI is InChI=1S/C3H7O.C2H5.K/c1-2-3-4;1-2;/h2-3H2,1H3;1H2,2H3;/q2*-1;+1. The second-order valence-electron chi connectivity index (χ2n) is 0.704. The van der Waals surface area contributed by atoms with Crippen LogP contribution in [0.3, 0.4) is 0 Å². The molecule has 0 N–H and O–H groups in total. The van der Waals surface area contributed by atoms with Gasteiger partial charge in [0.05, 0.1) is 0 Å². The molecule has 0 aliphatic carbocycles. The SMILES string of the molecule is CCC[O-].[CH2-]C.[K+]. The van der Waals surface area contributed by atoms with Gasteiger partial charge in [-0.25, -0.2) is 0 Å². The minimum atomic E-state index is 0. The van der Waals surface area contributed by atoms with Gasteiger partial charge in [-0.1, -0.05) is 13.3 Å². The van der Waals surface area contributed by atoms with E-state index in [0.717, 1.165) is 6.42 Å². The van der Waals surface area contributed by atoms with E-state index in [1.54, 1.807) is 6.92 Å². The van der Waals surface area contributed by atoms with Gasteiger partial charge in [-0.3, -0.25) is 0 Å². The summed E-state index contributed by atoms with van der Waals surface area (Å²) in [7, 11) is 0. The van der Waals surface area contributed by atoms with Crippen molar-refractivity contribution in [2.45, 2.75) is 20.3 Å². The number of hydrogen-bond acceptors (Lipinski definition) is 1. The molecule has 0 saturated carbocycles. The van der Waals surface area contributed by atoms with Gasteiger partial charge in [-0.2, -0.15) is 6.92 Å². The van der Waals surface area contributed by atoms with Gasteiger partial charge < -0.3 is 12.0 Å². The van der Waals surface area contributed by atoms with Crippen molar-refractivity contribution in [3.63, 3.8) is 0 Å². The molecule has 0 amide bonds. The van der Waals surface area contributed by atoms with Crippen LogP contribution in [0.25, 0.3) is 0 Å². The Bertz CT molecular complexity index is 10.0. The van der Waals surface area contributed by atoms with Crippen LogP contribution in [0.4, 0.5) is 0 Å². The van der Waals surface area contributed by atoms with Crippen molar-refractivity contribution in [1.82, 2.24) is 0 Å². The van der Waals surface area contributed by atoms with Crippen molar-refractivity contribution in [3.8, 4) is 0 Å². The third-order valence-corrected chi connectivity index (χ3v) is 0.204. The van der Waals surface area contributed by atoms with Crippen LogP contribution in [0, 0.1) is 6.92 Å². The van der Waals surface area contributed by atoms with Gasteiger partial charge in [0, 0.05) is 0 Å². The molecule has 7 heavy (non-hydrogen) atoms. The zero-order chi connectivity index (χ0) is 5.41. The Morgan fingerprint density at radius 1 is 1.43 bits per heavy atom. The second kappa shape index (κ2) is 25.6. The zero-order valence-electron chi connectivity index (χ0n) is 5.53. The Kier molecular flexibility index (Phi) is 57.8. The molecule has 0 rings (SSSR count). The van der Waals surface area contributed by atoms with E-state index in [4.69, 9.17) is 0 Å². The van der Waals surface area contributed by atoms with Crippen molar-refractivity contribution in [2.24, 2.45) is 0 Å². The fourth-order valence-corrected chi connectivity index (χ4v) is 0. The molecule has 2 heteroatoms. The van der Waals surface area contributed by atoms with Gasteiger partial charge in [-0.15, -0.1) is 6.61 Å². The Hall–Kier alpha value is 1.60.